The van der Waals surface area contributed by atoms with Crippen LogP contribution in [0.2, 0.25) is 5.02 Å². The maximum atomic E-state index is 12.3. The van der Waals surface area contributed by atoms with Crippen LogP contribution >= 0.6 is 11.6 Å². The number of rotatable bonds is 4. The third kappa shape index (κ3) is 4.64. The van der Waals surface area contributed by atoms with E-state index in [0.717, 1.165) is 59.7 Å². The first-order chi connectivity index (χ1) is 14.5. The van der Waals surface area contributed by atoms with Gasteiger partial charge in [0.15, 0.2) is 0 Å². The molecule has 1 aliphatic rings. The van der Waals surface area contributed by atoms with Crippen LogP contribution in [0.1, 0.15) is 11.1 Å². The molecule has 2 heterocycles. The second kappa shape index (κ2) is 8.86. The Bertz CT molecular complexity index is 1100. The Hall–Kier alpha value is -2.89. The summed E-state index contributed by atoms with van der Waals surface area (Å²) in [6, 6.07) is 15.4. The van der Waals surface area contributed by atoms with Crippen molar-refractivity contribution in [1.29, 1.82) is 0 Å². The first kappa shape index (κ1) is 20.4. The van der Waals surface area contributed by atoms with E-state index in [0.29, 0.717) is 5.02 Å². The number of amides is 1. The SMILES string of the molecule is Cc1cc(N2CCN(C)CC2)nc2ccc(NC(=O)/C=C/c3ccccc3Cl)cc12. The molecule has 1 saturated heterocycles. The van der Waals surface area contributed by atoms with Crippen LogP contribution in [-0.4, -0.2) is 49.0 Å². The summed E-state index contributed by atoms with van der Waals surface area (Å²) >= 11 is 6.13. The minimum atomic E-state index is -0.200. The van der Waals surface area contributed by atoms with Crippen LogP contribution in [0, 0.1) is 6.92 Å². The Morgan fingerprint density at radius 3 is 2.63 bits per heavy atom. The number of carbonyl (C=O) groups excluding carboxylic acids is 1. The van der Waals surface area contributed by atoms with Gasteiger partial charge in [-0.25, -0.2) is 4.98 Å². The fourth-order valence-electron chi connectivity index (χ4n) is 3.61. The van der Waals surface area contributed by atoms with Crippen molar-refractivity contribution in [3.63, 3.8) is 0 Å². The number of benzene rings is 2. The lowest BCUT2D eigenvalue weighted by Crippen LogP contribution is -2.44. The number of fused-ring (bicyclic) bond motifs is 1. The molecule has 2 aromatic carbocycles. The summed E-state index contributed by atoms with van der Waals surface area (Å²) < 4.78 is 0. The summed E-state index contributed by atoms with van der Waals surface area (Å²) in [5.74, 6) is 0.821. The number of likely N-dealkylation sites (N-methyl/N-ethyl adjacent to an activating group) is 1. The second-order valence-electron chi connectivity index (χ2n) is 7.66. The summed E-state index contributed by atoms with van der Waals surface area (Å²) in [4.78, 5) is 21.9. The molecule has 0 unspecified atom stereocenters. The van der Waals surface area contributed by atoms with E-state index < -0.39 is 0 Å². The summed E-state index contributed by atoms with van der Waals surface area (Å²) in [6.45, 7) is 6.16. The summed E-state index contributed by atoms with van der Waals surface area (Å²) in [5.41, 5.74) is 3.64. The molecule has 3 aromatic rings. The fraction of sp³-hybridized carbons (Fsp3) is 0.250. The van der Waals surface area contributed by atoms with Crippen LogP contribution in [-0.2, 0) is 4.79 Å². The molecular weight excluding hydrogens is 396 g/mol. The quantitative estimate of drug-likeness (QED) is 0.626. The zero-order valence-electron chi connectivity index (χ0n) is 17.2. The molecule has 154 valence electrons. The highest BCUT2D eigenvalue weighted by Gasteiger charge is 2.16. The molecule has 0 bridgehead atoms. The number of hydrogen-bond acceptors (Lipinski definition) is 4. The van der Waals surface area contributed by atoms with Crippen LogP contribution in [0.5, 0.6) is 0 Å². The summed E-state index contributed by atoms with van der Waals surface area (Å²) in [7, 11) is 2.15. The Kier molecular flexibility index (Phi) is 6.02. The lowest BCUT2D eigenvalue weighted by molar-refractivity contribution is -0.111. The number of nitrogens with one attached hydrogen (secondary N) is 1. The molecule has 0 aliphatic carbocycles. The van der Waals surface area contributed by atoms with E-state index in [1.165, 1.54) is 6.08 Å². The number of piperazine rings is 1. The van der Waals surface area contributed by atoms with Crippen LogP contribution in [0.15, 0.2) is 54.6 Å². The van der Waals surface area contributed by atoms with Crippen LogP contribution < -0.4 is 10.2 Å². The third-order valence-corrected chi connectivity index (χ3v) is 5.76. The van der Waals surface area contributed by atoms with Gasteiger partial charge in [-0.3, -0.25) is 4.79 Å². The van der Waals surface area contributed by atoms with Crippen LogP contribution in [0.4, 0.5) is 11.5 Å². The molecule has 0 saturated carbocycles. The predicted octanol–water partition coefficient (Wildman–Crippen LogP) is 4.60. The molecule has 0 atom stereocenters. The van der Waals surface area contributed by atoms with Crippen molar-refractivity contribution in [2.24, 2.45) is 0 Å². The summed E-state index contributed by atoms with van der Waals surface area (Å²) in [5, 5.41) is 4.58. The highest BCUT2D eigenvalue weighted by atomic mass is 35.5. The van der Waals surface area contributed by atoms with E-state index >= 15 is 0 Å². The fourth-order valence-corrected chi connectivity index (χ4v) is 3.81. The maximum absolute atomic E-state index is 12.3. The van der Waals surface area contributed by atoms with Crippen molar-refractivity contribution >= 4 is 46.0 Å². The molecule has 1 aromatic heterocycles. The van der Waals surface area contributed by atoms with Gasteiger partial charge in [0.1, 0.15) is 5.82 Å². The highest BCUT2D eigenvalue weighted by molar-refractivity contribution is 6.32. The van der Waals surface area contributed by atoms with Crippen molar-refractivity contribution in [2.45, 2.75) is 6.92 Å². The van der Waals surface area contributed by atoms with E-state index in [-0.39, 0.29) is 5.91 Å². The van der Waals surface area contributed by atoms with Gasteiger partial charge in [0.05, 0.1) is 5.52 Å². The minimum Gasteiger partial charge on any atom is -0.354 e. The van der Waals surface area contributed by atoms with Gasteiger partial charge in [-0.15, -0.1) is 0 Å². The minimum absolute atomic E-state index is 0.200. The van der Waals surface area contributed by atoms with Gasteiger partial charge in [0.25, 0.3) is 0 Å². The van der Waals surface area contributed by atoms with Crippen molar-refractivity contribution in [3.05, 3.63) is 70.8 Å². The Balaban J connectivity index is 1.50. The Morgan fingerprint density at radius 2 is 1.87 bits per heavy atom. The van der Waals surface area contributed by atoms with Gasteiger partial charge in [-0.05, 0) is 61.5 Å². The molecule has 5 nitrogen and oxygen atoms in total. The molecule has 30 heavy (non-hydrogen) atoms. The monoisotopic (exact) mass is 420 g/mol. The zero-order valence-corrected chi connectivity index (χ0v) is 18.0. The average Bonchev–Trinajstić information content (AvgIpc) is 2.74. The lowest BCUT2D eigenvalue weighted by Gasteiger charge is -2.33. The van der Waals surface area contributed by atoms with Gasteiger partial charge in [-0.1, -0.05) is 29.8 Å². The third-order valence-electron chi connectivity index (χ3n) is 5.42. The average molecular weight is 421 g/mol. The molecule has 6 heteroatoms. The van der Waals surface area contributed by atoms with Crippen LogP contribution in [0.3, 0.4) is 0 Å². The lowest BCUT2D eigenvalue weighted by atomic mass is 10.1. The molecular formula is C24H25ClN4O. The molecule has 0 spiro atoms. The smallest absolute Gasteiger partial charge is 0.248 e. The molecule has 1 amide bonds. The zero-order chi connectivity index (χ0) is 21.1. The molecule has 1 aliphatic heterocycles. The number of halogens is 1. The van der Waals surface area contributed by atoms with Gasteiger partial charge in [0, 0.05) is 48.4 Å². The largest absolute Gasteiger partial charge is 0.354 e. The number of pyridine rings is 1. The molecule has 1 fully saturated rings. The number of hydrogen-bond donors (Lipinski definition) is 1. The molecule has 1 N–H and O–H groups in total. The first-order valence-corrected chi connectivity index (χ1v) is 10.5. The van der Waals surface area contributed by atoms with Crippen LogP contribution in [0.25, 0.3) is 17.0 Å². The van der Waals surface area contributed by atoms with Gasteiger partial charge >= 0.3 is 0 Å². The number of aromatic nitrogens is 1. The normalized spacial score (nSPS) is 15.1. The second-order valence-corrected chi connectivity index (χ2v) is 8.07. The van der Waals surface area contributed by atoms with Crippen molar-refractivity contribution in [1.82, 2.24) is 9.88 Å². The molecule has 0 radical (unpaired) electrons. The topological polar surface area (TPSA) is 48.5 Å². The van der Waals surface area contributed by atoms with E-state index in [9.17, 15) is 4.79 Å². The Morgan fingerprint density at radius 1 is 1.10 bits per heavy atom. The standard InChI is InChI=1S/C24H25ClN4O/c1-17-15-23(29-13-11-28(2)12-14-29)27-22-9-8-19(16-20(17)22)26-24(30)10-7-18-5-3-4-6-21(18)25/h3-10,15-16H,11-14H2,1-2H3,(H,26,30)/b10-7+. The number of carbonyl (C=O) groups is 1. The van der Waals surface area contributed by atoms with E-state index in [1.807, 2.05) is 36.4 Å². The van der Waals surface area contributed by atoms with E-state index in [2.05, 4.69) is 35.2 Å². The van der Waals surface area contributed by atoms with Gasteiger partial charge in [-0.2, -0.15) is 0 Å². The van der Waals surface area contributed by atoms with Gasteiger partial charge < -0.3 is 15.1 Å². The van der Waals surface area contributed by atoms with E-state index in [4.69, 9.17) is 16.6 Å². The Labute approximate surface area is 182 Å². The molecule has 4 rings (SSSR count). The highest BCUT2D eigenvalue weighted by Crippen LogP contribution is 2.26. The van der Waals surface area contributed by atoms with Gasteiger partial charge in [0.2, 0.25) is 5.91 Å². The first-order valence-electron chi connectivity index (χ1n) is 10.1. The number of aryl methyl sites for hydroxylation is 1. The maximum Gasteiger partial charge on any atom is 0.248 e. The van der Waals surface area contributed by atoms with Crippen molar-refractivity contribution in [2.75, 3.05) is 43.4 Å². The number of nitrogens with zero attached hydrogens (tertiary/aromatic N) is 3. The van der Waals surface area contributed by atoms with Crippen molar-refractivity contribution in [3.8, 4) is 0 Å². The summed E-state index contributed by atoms with van der Waals surface area (Å²) in [6.07, 6.45) is 3.21. The predicted molar refractivity (Wildman–Crippen MR) is 125 cm³/mol. The van der Waals surface area contributed by atoms with E-state index in [1.54, 1.807) is 12.1 Å². The number of anilines is 2. The van der Waals surface area contributed by atoms with Crippen molar-refractivity contribution < 1.29 is 4.79 Å².